The molecule has 0 atom stereocenters. The average Bonchev–Trinajstić information content (AvgIpc) is 1.19. The van der Waals surface area contributed by atoms with E-state index in [1.807, 2.05) is 0 Å². The molecule has 2 N–H and O–H groups in total. The average molecular weight is 180 g/mol. The normalized spacial score (nSPS) is 8.40. The molecule has 58 valence electrons. The van der Waals surface area contributed by atoms with Gasteiger partial charge >= 0.3 is 40.0 Å². The van der Waals surface area contributed by atoms with E-state index in [2.05, 4.69) is 0 Å². The third-order valence-corrected chi connectivity index (χ3v) is 0. The molecule has 0 aliphatic carbocycles. The number of carbonyl (C=O) groups is 1. The Bertz CT molecular complexity index is 159. The molecule has 10 heavy (non-hydrogen) atoms. The second kappa shape index (κ2) is 7.64. The number of rotatable bonds is 0. The molecule has 0 aromatic heterocycles. The predicted octanol–water partition coefficient (Wildman–Crippen LogP) is -0.706. The summed E-state index contributed by atoms with van der Waals surface area (Å²) in [6, 6.07) is 0. The summed E-state index contributed by atoms with van der Waals surface area (Å²) < 4.78 is 31.6. The van der Waals surface area contributed by atoms with Gasteiger partial charge in [0.2, 0.25) is 0 Å². The number of Topliss-reactive ketones (excluding diaryl/α,β-unsaturated/α-hetero) is 1. The van der Waals surface area contributed by atoms with Crippen molar-refractivity contribution >= 4 is 45.7 Å². The van der Waals surface area contributed by atoms with Crippen LogP contribution in [-0.4, -0.2) is 52.9 Å². The van der Waals surface area contributed by atoms with Crippen molar-refractivity contribution in [2.24, 2.45) is 0 Å². The van der Waals surface area contributed by atoms with Gasteiger partial charge in [0.1, 0.15) is 5.78 Å². The monoisotopic (exact) mass is 180 g/mol. The van der Waals surface area contributed by atoms with Gasteiger partial charge in [0.05, 0.1) is 0 Å². The number of hydrogen-bond donors (Lipinski definition) is 2. The molecule has 0 aliphatic rings. The van der Waals surface area contributed by atoms with Crippen LogP contribution >= 0.6 is 0 Å². The van der Waals surface area contributed by atoms with Gasteiger partial charge in [-0.3, -0.25) is 9.11 Å². The Balaban J connectivity index is -0.0000000910. The van der Waals surface area contributed by atoms with E-state index in [0.717, 1.165) is 0 Å². The van der Waals surface area contributed by atoms with Crippen molar-refractivity contribution < 1.29 is 22.3 Å². The molecular formula is C3H9NaO5S. The maximum atomic E-state index is 9.44. The van der Waals surface area contributed by atoms with Gasteiger partial charge in [-0.05, 0) is 13.8 Å². The van der Waals surface area contributed by atoms with Crippen LogP contribution in [-0.2, 0) is 15.2 Å². The van der Waals surface area contributed by atoms with Crippen LogP contribution in [0.4, 0.5) is 0 Å². The summed E-state index contributed by atoms with van der Waals surface area (Å²) in [5.74, 6) is 0.167. The van der Waals surface area contributed by atoms with Gasteiger partial charge in [-0.25, -0.2) is 0 Å². The molecule has 0 bridgehead atoms. The quantitative estimate of drug-likeness (QED) is 0.379. The van der Waals surface area contributed by atoms with Gasteiger partial charge in [-0.2, -0.15) is 8.42 Å². The molecule has 7 heteroatoms. The van der Waals surface area contributed by atoms with Gasteiger partial charge < -0.3 is 4.79 Å². The van der Waals surface area contributed by atoms with Crippen LogP contribution in [0.5, 0.6) is 0 Å². The first-order valence-electron chi connectivity index (χ1n) is 1.90. The van der Waals surface area contributed by atoms with E-state index < -0.39 is 10.4 Å². The molecule has 0 radical (unpaired) electrons. The Labute approximate surface area is 81.7 Å². The Hall–Kier alpha value is 0.540. The minimum absolute atomic E-state index is 0. The van der Waals surface area contributed by atoms with Crippen molar-refractivity contribution in [2.45, 2.75) is 13.8 Å². The summed E-state index contributed by atoms with van der Waals surface area (Å²) >= 11 is 0. The molecule has 0 aliphatic heterocycles. The van der Waals surface area contributed by atoms with Gasteiger partial charge in [0.25, 0.3) is 0 Å². The van der Waals surface area contributed by atoms with Crippen LogP contribution in [0.1, 0.15) is 13.8 Å². The third kappa shape index (κ3) is 1660. The van der Waals surface area contributed by atoms with Crippen molar-refractivity contribution in [2.75, 3.05) is 0 Å². The van der Waals surface area contributed by atoms with Crippen molar-refractivity contribution in [3.63, 3.8) is 0 Å². The summed E-state index contributed by atoms with van der Waals surface area (Å²) in [5.41, 5.74) is 0. The van der Waals surface area contributed by atoms with Crippen LogP contribution in [0.3, 0.4) is 0 Å². The first kappa shape index (κ1) is 16.9. The van der Waals surface area contributed by atoms with Crippen LogP contribution in [0, 0.1) is 0 Å². The fraction of sp³-hybridized carbons (Fsp3) is 0.667. The molecule has 0 heterocycles. The van der Waals surface area contributed by atoms with Gasteiger partial charge in [-0.15, -0.1) is 0 Å². The minimum atomic E-state index is -4.67. The van der Waals surface area contributed by atoms with Crippen molar-refractivity contribution in [3.8, 4) is 0 Å². The fourth-order valence-corrected chi connectivity index (χ4v) is 0. The molecule has 0 amide bonds. The van der Waals surface area contributed by atoms with Crippen LogP contribution < -0.4 is 0 Å². The van der Waals surface area contributed by atoms with Gasteiger partial charge in [-0.1, -0.05) is 0 Å². The first-order valence-corrected chi connectivity index (χ1v) is 3.30. The maximum absolute atomic E-state index is 9.44. The molecular weight excluding hydrogens is 171 g/mol. The molecule has 0 saturated heterocycles. The van der Waals surface area contributed by atoms with Crippen molar-refractivity contribution in [3.05, 3.63) is 0 Å². The van der Waals surface area contributed by atoms with E-state index in [4.69, 9.17) is 17.5 Å². The molecule has 5 nitrogen and oxygen atoms in total. The van der Waals surface area contributed by atoms with E-state index in [0.29, 0.717) is 0 Å². The Morgan fingerprint density at radius 1 is 1.20 bits per heavy atom. The summed E-state index contributed by atoms with van der Waals surface area (Å²) in [6.45, 7) is 3.06. The Morgan fingerprint density at radius 3 is 1.20 bits per heavy atom. The van der Waals surface area contributed by atoms with Crippen LogP contribution in [0.2, 0.25) is 0 Å². The third-order valence-electron chi connectivity index (χ3n) is 0. The summed E-state index contributed by atoms with van der Waals surface area (Å²) in [6.07, 6.45) is 0. The van der Waals surface area contributed by atoms with E-state index in [1.165, 1.54) is 13.8 Å². The van der Waals surface area contributed by atoms with Crippen molar-refractivity contribution in [1.29, 1.82) is 0 Å². The second-order valence-corrected chi connectivity index (χ2v) is 2.25. The van der Waals surface area contributed by atoms with E-state index >= 15 is 0 Å². The molecule has 0 aromatic carbocycles. The molecule has 0 rings (SSSR count). The van der Waals surface area contributed by atoms with Gasteiger partial charge in [0.15, 0.2) is 0 Å². The SMILES string of the molecule is CC(C)=O.O=S(=O)(O)O.[NaH]. The Kier molecular flexibility index (Phi) is 12.9. The number of ketones is 1. The summed E-state index contributed by atoms with van der Waals surface area (Å²) in [4.78, 5) is 9.44. The zero-order valence-corrected chi connectivity index (χ0v) is 5.84. The standard InChI is InChI=1S/C3H6O.Na.H2O4S.H/c1-3(2)4;;1-5(2,3)4;/h1-2H3;;(H2,1,2,3,4);. The second-order valence-electron chi connectivity index (χ2n) is 1.36. The molecule has 0 saturated carbocycles. The number of carbonyl (C=O) groups excluding carboxylic acids is 1. The first-order chi connectivity index (χ1) is 3.73. The number of hydrogen-bond acceptors (Lipinski definition) is 3. The zero-order valence-electron chi connectivity index (χ0n) is 5.03. The topological polar surface area (TPSA) is 91.7 Å². The Morgan fingerprint density at radius 2 is 1.20 bits per heavy atom. The van der Waals surface area contributed by atoms with Gasteiger partial charge in [0, 0.05) is 0 Å². The van der Waals surface area contributed by atoms with E-state index in [1.54, 1.807) is 0 Å². The molecule has 0 aromatic rings. The fourth-order valence-electron chi connectivity index (χ4n) is 0. The molecule has 0 fully saturated rings. The van der Waals surface area contributed by atoms with Crippen LogP contribution in [0.25, 0.3) is 0 Å². The summed E-state index contributed by atoms with van der Waals surface area (Å²) in [7, 11) is -4.67. The zero-order chi connectivity index (χ0) is 8.08. The van der Waals surface area contributed by atoms with Crippen molar-refractivity contribution in [1.82, 2.24) is 0 Å². The summed E-state index contributed by atoms with van der Waals surface area (Å²) in [5, 5.41) is 0. The molecule has 0 spiro atoms. The predicted molar refractivity (Wildman–Crippen MR) is 37.7 cm³/mol. The molecule has 0 unspecified atom stereocenters. The van der Waals surface area contributed by atoms with E-state index in [-0.39, 0.29) is 35.3 Å². The van der Waals surface area contributed by atoms with E-state index in [9.17, 15) is 4.79 Å². The van der Waals surface area contributed by atoms with Crippen LogP contribution in [0.15, 0.2) is 0 Å².